The van der Waals surface area contributed by atoms with Crippen molar-refractivity contribution in [2.24, 2.45) is 0 Å². The average Bonchev–Trinajstić information content (AvgIpc) is 2.83. The van der Waals surface area contributed by atoms with Crippen LogP contribution in [0.5, 0.6) is 5.75 Å². The van der Waals surface area contributed by atoms with Gasteiger partial charge >= 0.3 is 0 Å². The molecule has 150 valence electrons. The highest BCUT2D eigenvalue weighted by Crippen LogP contribution is 2.46. The lowest BCUT2D eigenvalue weighted by Crippen LogP contribution is -2.08. The molecule has 3 heteroatoms. The summed E-state index contributed by atoms with van der Waals surface area (Å²) < 4.78 is 5.89. The first-order chi connectivity index (χ1) is 14.8. The van der Waals surface area contributed by atoms with E-state index in [2.05, 4.69) is 60.3 Å². The van der Waals surface area contributed by atoms with E-state index in [1.807, 2.05) is 30.2 Å². The number of hydrogen-bond acceptors (Lipinski definition) is 3. The van der Waals surface area contributed by atoms with E-state index < -0.39 is 0 Å². The van der Waals surface area contributed by atoms with Crippen LogP contribution in [0.3, 0.4) is 0 Å². The van der Waals surface area contributed by atoms with E-state index in [0.717, 1.165) is 18.6 Å². The number of benzene rings is 3. The molecule has 0 spiro atoms. The lowest BCUT2D eigenvalue weighted by Gasteiger charge is -2.27. The molecule has 1 unspecified atom stereocenters. The van der Waals surface area contributed by atoms with Crippen molar-refractivity contribution in [1.82, 2.24) is 0 Å². The van der Waals surface area contributed by atoms with Crippen molar-refractivity contribution < 1.29 is 4.74 Å². The molecule has 3 aliphatic rings. The first kappa shape index (κ1) is 18.7. The standard InChI is InChI=1S/C27H24OS2/c1-2-4-25-20(3-1)14-23(16-28-25)19-7-9-26-22(13-19)8-10-27(30-26)21-6-5-18-11-12-29-17-24(18)15-21/h1-7,9,13,15-16,27H,8,10-12,14,17H2. The van der Waals surface area contributed by atoms with Gasteiger partial charge in [-0.1, -0.05) is 48.5 Å². The molecular formula is C27H24OS2. The minimum Gasteiger partial charge on any atom is -0.464 e. The zero-order valence-corrected chi connectivity index (χ0v) is 18.5. The van der Waals surface area contributed by atoms with Gasteiger partial charge in [-0.3, -0.25) is 0 Å². The minimum absolute atomic E-state index is 0.574. The molecule has 1 nitrogen and oxygen atoms in total. The molecule has 6 rings (SSSR count). The Morgan fingerprint density at radius 1 is 0.833 bits per heavy atom. The molecule has 30 heavy (non-hydrogen) atoms. The van der Waals surface area contributed by atoms with E-state index in [1.54, 1.807) is 11.1 Å². The summed E-state index contributed by atoms with van der Waals surface area (Å²) in [6.07, 6.45) is 6.47. The Kier molecular flexibility index (Phi) is 4.89. The van der Waals surface area contributed by atoms with Crippen molar-refractivity contribution in [3.8, 4) is 5.75 Å². The van der Waals surface area contributed by atoms with Crippen molar-refractivity contribution in [2.75, 3.05) is 5.75 Å². The Morgan fingerprint density at radius 2 is 1.80 bits per heavy atom. The van der Waals surface area contributed by atoms with Crippen LogP contribution in [0.2, 0.25) is 0 Å². The number of hydrogen-bond donors (Lipinski definition) is 0. The summed E-state index contributed by atoms with van der Waals surface area (Å²) in [5.74, 6) is 3.44. The number of allylic oxidation sites excluding steroid dienone is 1. The molecule has 0 radical (unpaired) electrons. The smallest absolute Gasteiger partial charge is 0.130 e. The lowest BCUT2D eigenvalue weighted by atomic mass is 9.94. The third-order valence-corrected chi connectivity index (χ3v) is 8.89. The Hall–Kier alpha value is -2.10. The van der Waals surface area contributed by atoms with Crippen molar-refractivity contribution in [3.05, 3.63) is 100 Å². The van der Waals surface area contributed by atoms with Gasteiger partial charge in [-0.25, -0.2) is 0 Å². The SMILES string of the molecule is C1=C(c2ccc3c(c2)CCC(c2ccc4c(c2)CSCC4)S3)Cc2ccccc2O1. The average molecular weight is 429 g/mol. The first-order valence-corrected chi connectivity index (χ1v) is 12.8. The first-order valence-electron chi connectivity index (χ1n) is 10.8. The highest BCUT2D eigenvalue weighted by molar-refractivity contribution is 7.99. The minimum atomic E-state index is 0.574. The van der Waals surface area contributed by atoms with E-state index in [0.29, 0.717) is 5.25 Å². The van der Waals surface area contributed by atoms with Gasteiger partial charge in [-0.2, -0.15) is 11.8 Å². The normalized spacial score (nSPS) is 19.7. The molecule has 3 aliphatic heterocycles. The van der Waals surface area contributed by atoms with Crippen LogP contribution in [0.15, 0.2) is 71.8 Å². The number of para-hydroxylation sites is 1. The van der Waals surface area contributed by atoms with Crippen LogP contribution in [0.25, 0.3) is 5.57 Å². The van der Waals surface area contributed by atoms with Crippen LogP contribution in [0.4, 0.5) is 0 Å². The number of rotatable bonds is 2. The topological polar surface area (TPSA) is 9.23 Å². The van der Waals surface area contributed by atoms with Gasteiger partial charge in [0.25, 0.3) is 0 Å². The van der Waals surface area contributed by atoms with Gasteiger partial charge in [0.2, 0.25) is 0 Å². The third kappa shape index (κ3) is 3.48. The molecule has 3 aromatic carbocycles. The van der Waals surface area contributed by atoms with Gasteiger partial charge in [0, 0.05) is 22.3 Å². The van der Waals surface area contributed by atoms with Crippen molar-refractivity contribution in [2.45, 2.75) is 41.6 Å². The molecule has 0 saturated heterocycles. The monoisotopic (exact) mass is 428 g/mol. The van der Waals surface area contributed by atoms with Gasteiger partial charge in [0.05, 0.1) is 6.26 Å². The molecule has 0 saturated carbocycles. The van der Waals surface area contributed by atoms with Crippen LogP contribution in [-0.4, -0.2) is 5.75 Å². The predicted molar refractivity (Wildman–Crippen MR) is 128 cm³/mol. The summed E-state index contributed by atoms with van der Waals surface area (Å²) in [4.78, 5) is 1.44. The third-order valence-electron chi connectivity index (χ3n) is 6.43. The van der Waals surface area contributed by atoms with Crippen LogP contribution in [0.1, 0.15) is 45.1 Å². The second-order valence-electron chi connectivity index (χ2n) is 8.34. The summed E-state index contributed by atoms with van der Waals surface area (Å²) in [5.41, 5.74) is 9.97. The van der Waals surface area contributed by atoms with Crippen LogP contribution in [-0.2, 0) is 25.0 Å². The van der Waals surface area contributed by atoms with Gasteiger partial charge < -0.3 is 4.74 Å². The van der Waals surface area contributed by atoms with Crippen LogP contribution >= 0.6 is 23.5 Å². The molecular weight excluding hydrogens is 404 g/mol. The quantitative estimate of drug-likeness (QED) is 0.426. The van der Waals surface area contributed by atoms with Crippen molar-refractivity contribution in [1.29, 1.82) is 0 Å². The number of thioether (sulfide) groups is 2. The number of aryl methyl sites for hydroxylation is 2. The van der Waals surface area contributed by atoms with Gasteiger partial charge in [-0.05, 0) is 76.1 Å². The molecule has 3 aromatic rings. The fourth-order valence-corrected chi connectivity index (χ4v) is 7.01. The van der Waals surface area contributed by atoms with E-state index in [9.17, 15) is 0 Å². The summed E-state index contributed by atoms with van der Waals surface area (Å²) in [7, 11) is 0. The zero-order chi connectivity index (χ0) is 19.9. The van der Waals surface area contributed by atoms with Gasteiger partial charge in [-0.15, -0.1) is 11.8 Å². The van der Waals surface area contributed by atoms with Crippen molar-refractivity contribution in [3.63, 3.8) is 0 Å². The largest absolute Gasteiger partial charge is 0.464 e. The van der Waals surface area contributed by atoms with Gasteiger partial charge in [0.15, 0.2) is 0 Å². The zero-order valence-electron chi connectivity index (χ0n) is 16.9. The van der Waals surface area contributed by atoms with Crippen LogP contribution in [0, 0.1) is 0 Å². The predicted octanol–water partition coefficient (Wildman–Crippen LogP) is 7.23. The Balaban J connectivity index is 1.23. The Bertz CT molecular complexity index is 1150. The molecule has 0 N–H and O–H groups in total. The molecule has 3 heterocycles. The molecule has 1 atom stereocenters. The second kappa shape index (κ2) is 7.86. The molecule has 0 fully saturated rings. The van der Waals surface area contributed by atoms with Crippen molar-refractivity contribution >= 4 is 29.1 Å². The summed E-state index contributed by atoms with van der Waals surface area (Å²) in [6.45, 7) is 0. The van der Waals surface area contributed by atoms with E-state index in [-0.39, 0.29) is 0 Å². The fourth-order valence-electron chi connectivity index (χ4n) is 4.73. The Morgan fingerprint density at radius 3 is 2.80 bits per heavy atom. The van der Waals surface area contributed by atoms with Gasteiger partial charge in [0.1, 0.15) is 5.75 Å². The maximum Gasteiger partial charge on any atom is 0.130 e. The van der Waals surface area contributed by atoms with E-state index in [4.69, 9.17) is 4.74 Å². The van der Waals surface area contributed by atoms with E-state index >= 15 is 0 Å². The second-order valence-corrected chi connectivity index (χ2v) is 10.7. The molecule has 0 amide bonds. The maximum absolute atomic E-state index is 5.89. The highest BCUT2D eigenvalue weighted by Gasteiger charge is 2.23. The highest BCUT2D eigenvalue weighted by atomic mass is 32.2. The molecule has 0 aromatic heterocycles. The van der Waals surface area contributed by atoms with E-state index in [1.165, 1.54) is 57.1 Å². The maximum atomic E-state index is 5.89. The number of fused-ring (bicyclic) bond motifs is 3. The molecule has 0 aliphatic carbocycles. The summed E-state index contributed by atoms with van der Waals surface area (Å²) in [6, 6.07) is 22.6. The lowest BCUT2D eigenvalue weighted by molar-refractivity contribution is 0.469. The summed E-state index contributed by atoms with van der Waals surface area (Å²) in [5, 5.41) is 0.574. The molecule has 0 bridgehead atoms. The number of ether oxygens (including phenoxy) is 1. The fraction of sp³-hybridized carbons (Fsp3) is 0.259. The summed E-state index contributed by atoms with van der Waals surface area (Å²) >= 11 is 4.12. The Labute approximate surface area is 186 Å². The van der Waals surface area contributed by atoms with Crippen LogP contribution < -0.4 is 4.74 Å².